The first-order chi connectivity index (χ1) is 8.35. The Hall–Kier alpha value is -1.56. The molecular weight excluding hydrogens is 252 g/mol. The summed E-state index contributed by atoms with van der Waals surface area (Å²) in [5, 5.41) is 9.04. The molecule has 18 heavy (non-hydrogen) atoms. The van der Waals surface area contributed by atoms with Crippen LogP contribution in [0.2, 0.25) is 0 Å². The molecule has 0 unspecified atom stereocenters. The smallest absolute Gasteiger partial charge is 0.329 e. The Morgan fingerprint density at radius 2 is 1.94 bits per heavy atom. The third kappa shape index (κ3) is 3.46. The van der Waals surface area contributed by atoms with E-state index in [0.29, 0.717) is 0 Å². The van der Waals surface area contributed by atoms with E-state index in [4.69, 9.17) is 5.11 Å². The van der Waals surface area contributed by atoms with Crippen LogP contribution in [0.1, 0.15) is 13.8 Å². The second-order valence-corrected chi connectivity index (χ2v) is 5.34. The van der Waals surface area contributed by atoms with Crippen LogP contribution in [0.25, 0.3) is 0 Å². The lowest BCUT2D eigenvalue weighted by molar-refractivity contribution is -0.154. The van der Waals surface area contributed by atoms with Crippen molar-refractivity contribution in [3.05, 3.63) is 24.5 Å². The highest BCUT2D eigenvalue weighted by molar-refractivity contribution is 8.00. The third-order valence-electron chi connectivity index (χ3n) is 2.75. The summed E-state index contributed by atoms with van der Waals surface area (Å²) >= 11 is 1.36. The molecule has 0 aromatic carbocycles. The number of carbonyl (C=O) groups is 2. The van der Waals surface area contributed by atoms with E-state index in [-0.39, 0.29) is 11.7 Å². The maximum absolute atomic E-state index is 11.9. The molecule has 0 saturated carbocycles. The highest BCUT2D eigenvalue weighted by atomic mass is 32.2. The number of carboxylic acids is 1. The maximum atomic E-state index is 11.9. The molecule has 0 saturated heterocycles. The SMILES string of the molecule is CN(C(=O)CSc1ccncc1)C(C)(C)C(=O)O. The van der Waals surface area contributed by atoms with Gasteiger partial charge >= 0.3 is 5.97 Å². The Morgan fingerprint density at radius 3 is 2.44 bits per heavy atom. The van der Waals surface area contributed by atoms with Crippen LogP contribution in [0.5, 0.6) is 0 Å². The average molecular weight is 268 g/mol. The second kappa shape index (κ2) is 5.86. The Morgan fingerprint density at radius 1 is 1.39 bits per heavy atom. The van der Waals surface area contributed by atoms with Crippen LogP contribution in [-0.4, -0.2) is 45.2 Å². The van der Waals surface area contributed by atoms with Gasteiger partial charge in [0.1, 0.15) is 5.54 Å². The van der Waals surface area contributed by atoms with E-state index < -0.39 is 11.5 Å². The minimum Gasteiger partial charge on any atom is -0.480 e. The number of amides is 1. The average Bonchev–Trinajstić information content (AvgIpc) is 2.36. The molecule has 0 bridgehead atoms. The molecule has 0 aliphatic heterocycles. The van der Waals surface area contributed by atoms with Crippen molar-refractivity contribution < 1.29 is 14.7 Å². The lowest BCUT2D eigenvalue weighted by Gasteiger charge is -2.31. The van der Waals surface area contributed by atoms with Crippen LogP contribution in [-0.2, 0) is 9.59 Å². The molecule has 0 atom stereocenters. The fraction of sp³-hybridized carbons (Fsp3) is 0.417. The van der Waals surface area contributed by atoms with Gasteiger partial charge in [0.15, 0.2) is 0 Å². The van der Waals surface area contributed by atoms with Gasteiger partial charge < -0.3 is 10.0 Å². The molecule has 1 aromatic heterocycles. The number of thioether (sulfide) groups is 1. The minimum absolute atomic E-state index is 0.206. The summed E-state index contributed by atoms with van der Waals surface area (Å²) in [6.45, 7) is 3.01. The van der Waals surface area contributed by atoms with E-state index in [1.165, 1.54) is 37.6 Å². The number of pyridine rings is 1. The van der Waals surface area contributed by atoms with Gasteiger partial charge in [-0.25, -0.2) is 4.79 Å². The van der Waals surface area contributed by atoms with Crippen LogP contribution in [0, 0.1) is 0 Å². The minimum atomic E-state index is -1.20. The molecule has 0 radical (unpaired) electrons. The van der Waals surface area contributed by atoms with Gasteiger partial charge in [0.2, 0.25) is 5.91 Å². The molecule has 0 aliphatic carbocycles. The van der Waals surface area contributed by atoms with E-state index in [9.17, 15) is 9.59 Å². The first kappa shape index (κ1) is 14.5. The fourth-order valence-electron chi connectivity index (χ4n) is 1.13. The van der Waals surface area contributed by atoms with E-state index in [2.05, 4.69) is 4.98 Å². The highest BCUT2D eigenvalue weighted by Crippen LogP contribution is 2.19. The molecular formula is C12H16N2O3S. The van der Waals surface area contributed by atoms with Gasteiger partial charge in [0.25, 0.3) is 0 Å². The van der Waals surface area contributed by atoms with Crippen molar-refractivity contribution in [1.82, 2.24) is 9.88 Å². The van der Waals surface area contributed by atoms with Crippen LogP contribution in [0.4, 0.5) is 0 Å². The van der Waals surface area contributed by atoms with Crippen molar-refractivity contribution in [3.8, 4) is 0 Å². The van der Waals surface area contributed by atoms with E-state index in [1.807, 2.05) is 0 Å². The summed E-state index contributed by atoms with van der Waals surface area (Å²) < 4.78 is 0. The molecule has 6 heteroatoms. The first-order valence-electron chi connectivity index (χ1n) is 5.38. The predicted octanol–water partition coefficient (Wildman–Crippen LogP) is 1.50. The van der Waals surface area contributed by atoms with Crippen molar-refractivity contribution in [2.75, 3.05) is 12.8 Å². The fourth-order valence-corrected chi connectivity index (χ4v) is 1.93. The Bertz CT molecular complexity index is 434. The van der Waals surface area contributed by atoms with Crippen LogP contribution in [0.3, 0.4) is 0 Å². The number of likely N-dealkylation sites (N-methyl/N-ethyl adjacent to an activating group) is 1. The van der Waals surface area contributed by atoms with Crippen molar-refractivity contribution >= 4 is 23.6 Å². The van der Waals surface area contributed by atoms with Gasteiger partial charge in [-0.3, -0.25) is 9.78 Å². The highest BCUT2D eigenvalue weighted by Gasteiger charge is 2.34. The number of carbonyl (C=O) groups excluding carboxylic acids is 1. The number of rotatable bonds is 5. The van der Waals surface area contributed by atoms with Crippen LogP contribution < -0.4 is 0 Å². The molecule has 1 N–H and O–H groups in total. The van der Waals surface area contributed by atoms with Crippen molar-refractivity contribution in [2.24, 2.45) is 0 Å². The molecule has 1 rings (SSSR count). The van der Waals surface area contributed by atoms with Gasteiger partial charge in [-0.2, -0.15) is 0 Å². The van der Waals surface area contributed by atoms with Crippen LogP contribution >= 0.6 is 11.8 Å². The molecule has 1 heterocycles. The van der Waals surface area contributed by atoms with Crippen molar-refractivity contribution in [1.29, 1.82) is 0 Å². The van der Waals surface area contributed by atoms with Crippen molar-refractivity contribution in [3.63, 3.8) is 0 Å². The van der Waals surface area contributed by atoms with Crippen molar-refractivity contribution in [2.45, 2.75) is 24.3 Å². The summed E-state index contributed by atoms with van der Waals surface area (Å²) in [5.74, 6) is -1.03. The predicted molar refractivity (Wildman–Crippen MR) is 69.4 cm³/mol. The third-order valence-corrected chi connectivity index (χ3v) is 3.74. The summed E-state index contributed by atoms with van der Waals surface area (Å²) in [7, 11) is 1.50. The van der Waals surface area contributed by atoms with Crippen LogP contribution in [0.15, 0.2) is 29.4 Å². The number of hydrogen-bond donors (Lipinski definition) is 1. The summed E-state index contributed by atoms with van der Waals surface area (Å²) in [6, 6.07) is 3.61. The molecule has 0 fully saturated rings. The number of nitrogens with zero attached hydrogens (tertiary/aromatic N) is 2. The molecule has 0 aliphatic rings. The number of aromatic nitrogens is 1. The summed E-state index contributed by atoms with van der Waals surface area (Å²) in [5.41, 5.74) is -1.20. The lowest BCUT2D eigenvalue weighted by atomic mass is 10.0. The molecule has 1 aromatic rings. The zero-order valence-corrected chi connectivity index (χ0v) is 11.4. The summed E-state index contributed by atoms with van der Waals surface area (Å²) in [6.07, 6.45) is 3.30. The monoisotopic (exact) mass is 268 g/mol. The summed E-state index contributed by atoms with van der Waals surface area (Å²) in [4.78, 5) is 29.0. The van der Waals surface area contributed by atoms with E-state index >= 15 is 0 Å². The standard InChI is InChI=1S/C12H16N2O3S/c1-12(2,11(16)17)14(3)10(15)8-18-9-4-6-13-7-5-9/h4-7H,8H2,1-3H3,(H,16,17). The Labute approximate surface area is 110 Å². The topological polar surface area (TPSA) is 70.5 Å². The van der Waals surface area contributed by atoms with Gasteiger partial charge in [0, 0.05) is 24.3 Å². The quantitative estimate of drug-likeness (QED) is 0.819. The van der Waals surface area contributed by atoms with E-state index in [1.54, 1.807) is 24.5 Å². The number of carboxylic acid groups (broad SMARTS) is 1. The zero-order chi connectivity index (χ0) is 13.8. The first-order valence-corrected chi connectivity index (χ1v) is 6.37. The zero-order valence-electron chi connectivity index (χ0n) is 10.6. The largest absolute Gasteiger partial charge is 0.480 e. The van der Waals surface area contributed by atoms with Gasteiger partial charge in [-0.05, 0) is 26.0 Å². The number of hydrogen-bond acceptors (Lipinski definition) is 4. The Kier molecular flexibility index (Phi) is 4.72. The maximum Gasteiger partial charge on any atom is 0.329 e. The van der Waals surface area contributed by atoms with Gasteiger partial charge in [-0.15, -0.1) is 11.8 Å². The van der Waals surface area contributed by atoms with Gasteiger partial charge in [-0.1, -0.05) is 0 Å². The molecule has 5 nitrogen and oxygen atoms in total. The molecule has 0 spiro atoms. The van der Waals surface area contributed by atoms with E-state index in [0.717, 1.165) is 4.90 Å². The molecule has 98 valence electrons. The normalized spacial score (nSPS) is 11.1. The lowest BCUT2D eigenvalue weighted by Crippen LogP contribution is -2.51. The number of aliphatic carboxylic acids is 1. The molecule has 1 amide bonds. The second-order valence-electron chi connectivity index (χ2n) is 4.29. The Balaban J connectivity index is 2.59. The van der Waals surface area contributed by atoms with Gasteiger partial charge in [0.05, 0.1) is 5.75 Å².